The molecule has 0 aromatic heterocycles. The minimum absolute atomic E-state index is 0.0621. The van der Waals surface area contributed by atoms with E-state index < -0.39 is 5.97 Å². The summed E-state index contributed by atoms with van der Waals surface area (Å²) in [6.45, 7) is 0.346. The van der Waals surface area contributed by atoms with E-state index in [4.69, 9.17) is 19.5 Å². The second kappa shape index (κ2) is 7.84. The van der Waals surface area contributed by atoms with Crippen LogP contribution in [0.5, 0.6) is 11.5 Å². The average molecular weight is 333 g/mol. The number of carbonyl (C=O) groups excluding carboxylic acids is 1. The number of benzene rings is 2. The van der Waals surface area contributed by atoms with Crippen LogP contribution in [-0.2, 0) is 16.1 Å². The standard InChI is InChI=1S/C20H15NO4/c21-12-17(20(22)23-13-16-5-2-1-3-6-16)8-4-7-15-9-10-18-19(11-15)25-14-24-18/h1-11H,13-14H2/b7-4+,17-8+. The SMILES string of the molecule is N#C/C(=C\C=C\c1ccc2c(c1)OCO2)C(=O)OCc1ccccc1. The highest BCUT2D eigenvalue weighted by molar-refractivity contribution is 5.93. The minimum Gasteiger partial charge on any atom is -0.457 e. The summed E-state index contributed by atoms with van der Waals surface area (Å²) in [6.07, 6.45) is 4.82. The fraction of sp³-hybridized carbons (Fsp3) is 0.100. The number of carbonyl (C=O) groups is 1. The molecule has 124 valence electrons. The third kappa shape index (κ3) is 4.27. The maximum atomic E-state index is 12.0. The van der Waals surface area contributed by atoms with E-state index in [1.807, 2.05) is 54.6 Å². The van der Waals surface area contributed by atoms with E-state index in [1.54, 1.807) is 12.2 Å². The molecular weight excluding hydrogens is 318 g/mol. The van der Waals surface area contributed by atoms with Gasteiger partial charge in [-0.05, 0) is 29.3 Å². The fourth-order valence-electron chi connectivity index (χ4n) is 2.22. The van der Waals surface area contributed by atoms with Crippen LogP contribution in [0.2, 0.25) is 0 Å². The second-order valence-electron chi connectivity index (χ2n) is 5.23. The number of esters is 1. The lowest BCUT2D eigenvalue weighted by Gasteiger charge is -2.03. The van der Waals surface area contributed by atoms with Gasteiger partial charge in [-0.15, -0.1) is 0 Å². The first kappa shape index (κ1) is 16.3. The first-order valence-electron chi connectivity index (χ1n) is 7.65. The van der Waals surface area contributed by atoms with Crippen molar-refractivity contribution in [2.75, 3.05) is 6.79 Å². The second-order valence-corrected chi connectivity index (χ2v) is 5.23. The predicted molar refractivity (Wildman–Crippen MR) is 91.5 cm³/mol. The van der Waals surface area contributed by atoms with Crippen molar-refractivity contribution >= 4 is 12.0 Å². The summed E-state index contributed by atoms with van der Waals surface area (Å²) in [5.41, 5.74) is 1.67. The molecule has 0 aliphatic carbocycles. The summed E-state index contributed by atoms with van der Waals surface area (Å²) < 4.78 is 15.7. The Morgan fingerprint density at radius 1 is 1.16 bits per heavy atom. The van der Waals surface area contributed by atoms with Gasteiger partial charge in [0.25, 0.3) is 0 Å². The van der Waals surface area contributed by atoms with Crippen molar-refractivity contribution in [3.05, 3.63) is 77.4 Å². The van der Waals surface area contributed by atoms with Gasteiger partial charge in [0, 0.05) is 0 Å². The molecule has 0 N–H and O–H groups in total. The molecule has 5 nitrogen and oxygen atoms in total. The number of fused-ring (bicyclic) bond motifs is 1. The summed E-state index contributed by atoms with van der Waals surface area (Å²) in [4.78, 5) is 12.0. The largest absolute Gasteiger partial charge is 0.457 e. The van der Waals surface area contributed by atoms with Gasteiger partial charge in [-0.2, -0.15) is 5.26 Å². The summed E-state index contributed by atoms with van der Waals surface area (Å²) >= 11 is 0. The summed E-state index contributed by atoms with van der Waals surface area (Å²) in [5, 5.41) is 9.13. The molecule has 0 bridgehead atoms. The highest BCUT2D eigenvalue weighted by atomic mass is 16.7. The molecule has 0 saturated carbocycles. The van der Waals surface area contributed by atoms with Gasteiger partial charge < -0.3 is 14.2 Å². The van der Waals surface area contributed by atoms with Crippen LogP contribution in [0, 0.1) is 11.3 Å². The molecule has 0 amide bonds. The molecule has 5 heteroatoms. The third-order valence-electron chi connectivity index (χ3n) is 3.50. The lowest BCUT2D eigenvalue weighted by atomic mass is 10.1. The zero-order valence-corrected chi connectivity index (χ0v) is 13.3. The molecule has 0 atom stereocenters. The van der Waals surface area contributed by atoms with Gasteiger partial charge in [0.1, 0.15) is 18.2 Å². The maximum Gasteiger partial charge on any atom is 0.349 e. The molecule has 1 heterocycles. The molecule has 25 heavy (non-hydrogen) atoms. The lowest BCUT2D eigenvalue weighted by Crippen LogP contribution is -2.06. The van der Waals surface area contributed by atoms with Crippen molar-refractivity contribution in [2.24, 2.45) is 0 Å². The summed E-state index contributed by atoms with van der Waals surface area (Å²) in [6, 6.07) is 16.7. The fourth-order valence-corrected chi connectivity index (χ4v) is 2.22. The number of nitrogens with zero attached hydrogens (tertiary/aromatic N) is 1. The normalized spacial score (nSPS) is 12.8. The van der Waals surface area contributed by atoms with E-state index in [1.165, 1.54) is 6.08 Å². The number of allylic oxidation sites excluding steroid dienone is 2. The molecule has 0 fully saturated rings. The Morgan fingerprint density at radius 2 is 1.96 bits per heavy atom. The molecule has 0 radical (unpaired) electrons. The molecule has 2 aromatic carbocycles. The van der Waals surface area contributed by atoms with Gasteiger partial charge >= 0.3 is 5.97 Å². The van der Waals surface area contributed by atoms with E-state index in [0.29, 0.717) is 11.5 Å². The van der Waals surface area contributed by atoms with Crippen molar-refractivity contribution in [1.29, 1.82) is 5.26 Å². The number of hydrogen-bond donors (Lipinski definition) is 0. The van der Waals surface area contributed by atoms with Crippen LogP contribution in [0.25, 0.3) is 6.08 Å². The number of rotatable bonds is 5. The van der Waals surface area contributed by atoms with Gasteiger partial charge in [0.15, 0.2) is 11.5 Å². The zero-order chi connectivity index (χ0) is 17.5. The zero-order valence-electron chi connectivity index (χ0n) is 13.3. The van der Waals surface area contributed by atoms with Crippen LogP contribution in [0.3, 0.4) is 0 Å². The van der Waals surface area contributed by atoms with E-state index in [9.17, 15) is 4.79 Å². The average Bonchev–Trinajstić information content (AvgIpc) is 3.12. The highest BCUT2D eigenvalue weighted by Gasteiger charge is 2.12. The van der Waals surface area contributed by atoms with Crippen LogP contribution in [0.15, 0.2) is 66.3 Å². The number of nitriles is 1. The molecule has 2 aromatic rings. The van der Waals surface area contributed by atoms with Crippen LogP contribution in [0.4, 0.5) is 0 Å². The van der Waals surface area contributed by atoms with Crippen molar-refractivity contribution in [3.63, 3.8) is 0 Å². The van der Waals surface area contributed by atoms with Crippen LogP contribution in [-0.4, -0.2) is 12.8 Å². The molecule has 3 rings (SSSR count). The van der Waals surface area contributed by atoms with Gasteiger partial charge in [0.2, 0.25) is 6.79 Å². The Kier molecular flexibility index (Phi) is 5.13. The molecule has 0 unspecified atom stereocenters. The van der Waals surface area contributed by atoms with Crippen molar-refractivity contribution in [2.45, 2.75) is 6.61 Å². The van der Waals surface area contributed by atoms with E-state index in [-0.39, 0.29) is 19.0 Å². The van der Waals surface area contributed by atoms with Crippen LogP contribution >= 0.6 is 0 Å². The Balaban J connectivity index is 1.62. The van der Waals surface area contributed by atoms with Gasteiger partial charge in [0.05, 0.1) is 0 Å². The molecule has 0 spiro atoms. The van der Waals surface area contributed by atoms with Crippen molar-refractivity contribution in [1.82, 2.24) is 0 Å². The Hall–Kier alpha value is -3.52. The Morgan fingerprint density at radius 3 is 2.76 bits per heavy atom. The first-order chi connectivity index (χ1) is 12.3. The van der Waals surface area contributed by atoms with Crippen molar-refractivity contribution < 1.29 is 19.0 Å². The number of hydrogen-bond acceptors (Lipinski definition) is 5. The Labute approximate surface area is 145 Å². The first-order valence-corrected chi connectivity index (χ1v) is 7.65. The monoisotopic (exact) mass is 333 g/mol. The van der Waals surface area contributed by atoms with Gasteiger partial charge in [-0.25, -0.2) is 4.79 Å². The van der Waals surface area contributed by atoms with Gasteiger partial charge in [-0.3, -0.25) is 0 Å². The van der Waals surface area contributed by atoms with Crippen LogP contribution in [0.1, 0.15) is 11.1 Å². The van der Waals surface area contributed by atoms with Crippen molar-refractivity contribution in [3.8, 4) is 17.6 Å². The predicted octanol–water partition coefficient (Wildman–Crippen LogP) is 3.62. The topological polar surface area (TPSA) is 68.5 Å². The van der Waals surface area contributed by atoms with Gasteiger partial charge in [-0.1, -0.05) is 48.6 Å². The van der Waals surface area contributed by atoms with E-state index >= 15 is 0 Å². The maximum absolute atomic E-state index is 12.0. The molecule has 1 aliphatic heterocycles. The number of ether oxygens (including phenoxy) is 3. The van der Waals surface area contributed by atoms with E-state index in [0.717, 1.165) is 11.1 Å². The summed E-state index contributed by atoms with van der Waals surface area (Å²) in [7, 11) is 0. The molecule has 1 aliphatic rings. The van der Waals surface area contributed by atoms with Crippen LogP contribution < -0.4 is 9.47 Å². The smallest absolute Gasteiger partial charge is 0.349 e. The molecule has 0 saturated heterocycles. The highest BCUT2D eigenvalue weighted by Crippen LogP contribution is 2.32. The lowest BCUT2D eigenvalue weighted by molar-refractivity contribution is -0.139. The summed E-state index contributed by atoms with van der Waals surface area (Å²) in [5.74, 6) is 0.727. The Bertz CT molecular complexity index is 863. The third-order valence-corrected chi connectivity index (χ3v) is 3.50. The van der Waals surface area contributed by atoms with E-state index in [2.05, 4.69) is 0 Å². The quantitative estimate of drug-likeness (QED) is 0.362. The molecular formula is C20H15NO4. The minimum atomic E-state index is -0.651.